The van der Waals surface area contributed by atoms with Crippen LogP contribution >= 0.6 is 0 Å². The zero-order valence-corrected chi connectivity index (χ0v) is 12.6. The molecule has 1 amide bonds. The lowest BCUT2D eigenvalue weighted by Crippen LogP contribution is -2.32. The second-order valence-corrected chi connectivity index (χ2v) is 5.22. The Bertz CT molecular complexity index is 369. The van der Waals surface area contributed by atoms with Gasteiger partial charge in [0.05, 0.1) is 0 Å². The second kappa shape index (κ2) is 8.73. The van der Waals surface area contributed by atoms with Gasteiger partial charge in [0.1, 0.15) is 0 Å². The molecule has 0 aliphatic heterocycles. The molecule has 0 N–H and O–H groups in total. The van der Waals surface area contributed by atoms with Gasteiger partial charge in [-0.2, -0.15) is 0 Å². The smallest absolute Gasteiger partial charge is 0.253 e. The van der Waals surface area contributed by atoms with Crippen LogP contribution < -0.4 is 0 Å². The zero-order chi connectivity index (χ0) is 14.1. The van der Waals surface area contributed by atoms with Gasteiger partial charge in [0.15, 0.2) is 0 Å². The molecule has 0 heterocycles. The molecule has 0 radical (unpaired) electrons. The summed E-state index contributed by atoms with van der Waals surface area (Å²) in [6, 6.07) is 7.89. The minimum atomic E-state index is 0.179. The molecular weight excluding hydrogens is 234 g/mol. The summed E-state index contributed by atoms with van der Waals surface area (Å²) in [6.45, 7) is 8.13. The Balaban J connectivity index is 2.58. The van der Waals surface area contributed by atoms with E-state index in [2.05, 4.69) is 13.8 Å². The maximum Gasteiger partial charge on any atom is 0.253 e. The van der Waals surface area contributed by atoms with Gasteiger partial charge < -0.3 is 4.90 Å². The van der Waals surface area contributed by atoms with E-state index in [1.165, 1.54) is 24.8 Å². The minimum absolute atomic E-state index is 0.179. The summed E-state index contributed by atoms with van der Waals surface area (Å²) >= 11 is 0. The third-order valence-electron chi connectivity index (χ3n) is 3.36. The normalized spacial score (nSPS) is 10.5. The first-order chi connectivity index (χ1) is 9.19. The van der Waals surface area contributed by atoms with E-state index in [0.29, 0.717) is 0 Å². The fraction of sp³-hybridized carbons (Fsp3) is 0.588. The molecule has 19 heavy (non-hydrogen) atoms. The third kappa shape index (κ3) is 5.46. The molecule has 1 aromatic carbocycles. The average molecular weight is 261 g/mol. The van der Waals surface area contributed by atoms with Crippen LogP contribution in [-0.2, 0) is 0 Å². The standard InChI is InChI=1S/C17H27NO/c1-4-6-7-8-14-18(13-5-2)17(19)16-11-9-15(3)10-12-16/h9-12H,4-8,13-14H2,1-3H3. The quantitative estimate of drug-likeness (QED) is 0.634. The Morgan fingerprint density at radius 3 is 2.21 bits per heavy atom. The number of benzene rings is 1. The fourth-order valence-corrected chi connectivity index (χ4v) is 2.19. The molecule has 0 fully saturated rings. The van der Waals surface area contributed by atoms with E-state index in [1.54, 1.807) is 0 Å². The van der Waals surface area contributed by atoms with Crippen LogP contribution in [0.25, 0.3) is 0 Å². The van der Waals surface area contributed by atoms with E-state index in [4.69, 9.17) is 0 Å². The lowest BCUT2D eigenvalue weighted by molar-refractivity contribution is 0.0752. The lowest BCUT2D eigenvalue weighted by Gasteiger charge is -2.22. The number of amides is 1. The van der Waals surface area contributed by atoms with Crippen molar-refractivity contribution < 1.29 is 4.79 Å². The molecule has 0 bridgehead atoms. The number of hydrogen-bond donors (Lipinski definition) is 0. The predicted octanol–water partition coefficient (Wildman–Crippen LogP) is 4.43. The van der Waals surface area contributed by atoms with Crippen LogP contribution in [0.2, 0.25) is 0 Å². The van der Waals surface area contributed by atoms with Gasteiger partial charge in [0.25, 0.3) is 5.91 Å². The van der Waals surface area contributed by atoms with Crippen molar-refractivity contribution in [3.05, 3.63) is 35.4 Å². The number of carbonyl (C=O) groups is 1. The Morgan fingerprint density at radius 2 is 1.63 bits per heavy atom. The van der Waals surface area contributed by atoms with Gasteiger partial charge in [-0.1, -0.05) is 50.8 Å². The van der Waals surface area contributed by atoms with Crippen molar-refractivity contribution in [3.63, 3.8) is 0 Å². The summed E-state index contributed by atoms with van der Waals surface area (Å²) in [6.07, 6.45) is 5.85. The van der Waals surface area contributed by atoms with Crippen molar-refractivity contribution in [1.82, 2.24) is 4.90 Å². The number of carbonyl (C=O) groups excluding carboxylic acids is 1. The van der Waals surface area contributed by atoms with Crippen molar-refractivity contribution in [1.29, 1.82) is 0 Å². The van der Waals surface area contributed by atoms with Crippen LogP contribution in [0, 0.1) is 6.92 Å². The fourth-order valence-electron chi connectivity index (χ4n) is 2.19. The number of rotatable bonds is 8. The van der Waals surface area contributed by atoms with Crippen LogP contribution in [0.1, 0.15) is 61.9 Å². The van der Waals surface area contributed by atoms with Crippen molar-refractivity contribution in [2.45, 2.75) is 52.9 Å². The summed E-state index contributed by atoms with van der Waals surface area (Å²) in [7, 11) is 0. The van der Waals surface area contributed by atoms with Gasteiger partial charge in [-0.05, 0) is 31.9 Å². The van der Waals surface area contributed by atoms with Gasteiger partial charge in [0.2, 0.25) is 0 Å². The van der Waals surface area contributed by atoms with E-state index >= 15 is 0 Å². The molecule has 0 aliphatic rings. The molecule has 2 nitrogen and oxygen atoms in total. The highest BCUT2D eigenvalue weighted by molar-refractivity contribution is 5.94. The molecule has 1 rings (SSSR count). The van der Waals surface area contributed by atoms with Gasteiger partial charge in [-0.25, -0.2) is 0 Å². The Hall–Kier alpha value is -1.31. The maximum atomic E-state index is 12.4. The summed E-state index contributed by atoms with van der Waals surface area (Å²) in [5.74, 6) is 0.179. The van der Waals surface area contributed by atoms with Crippen molar-refractivity contribution in [2.24, 2.45) is 0 Å². The molecule has 0 aromatic heterocycles. The third-order valence-corrected chi connectivity index (χ3v) is 3.36. The first-order valence-corrected chi connectivity index (χ1v) is 7.55. The first-order valence-electron chi connectivity index (χ1n) is 7.55. The SMILES string of the molecule is CCCCCCN(CCC)C(=O)c1ccc(C)cc1. The van der Waals surface area contributed by atoms with Gasteiger partial charge in [-0.15, -0.1) is 0 Å². The molecule has 0 atom stereocenters. The van der Waals surface area contributed by atoms with Crippen molar-refractivity contribution in [3.8, 4) is 0 Å². The van der Waals surface area contributed by atoms with E-state index < -0.39 is 0 Å². The van der Waals surface area contributed by atoms with E-state index in [-0.39, 0.29) is 5.91 Å². The molecule has 0 spiro atoms. The number of aryl methyl sites for hydroxylation is 1. The Morgan fingerprint density at radius 1 is 0.947 bits per heavy atom. The monoisotopic (exact) mass is 261 g/mol. The van der Waals surface area contributed by atoms with Crippen LogP contribution in [0.15, 0.2) is 24.3 Å². The van der Waals surface area contributed by atoms with Crippen LogP contribution in [0.4, 0.5) is 0 Å². The minimum Gasteiger partial charge on any atom is -0.339 e. The highest BCUT2D eigenvalue weighted by atomic mass is 16.2. The molecule has 0 saturated carbocycles. The topological polar surface area (TPSA) is 20.3 Å². The summed E-state index contributed by atoms with van der Waals surface area (Å²) in [4.78, 5) is 14.4. The molecule has 1 aromatic rings. The molecule has 2 heteroatoms. The van der Waals surface area contributed by atoms with E-state index in [0.717, 1.165) is 31.5 Å². The summed E-state index contributed by atoms with van der Waals surface area (Å²) in [5.41, 5.74) is 2.01. The summed E-state index contributed by atoms with van der Waals surface area (Å²) < 4.78 is 0. The zero-order valence-electron chi connectivity index (χ0n) is 12.6. The Labute approximate surface area is 117 Å². The van der Waals surface area contributed by atoms with E-state index in [9.17, 15) is 4.79 Å². The first kappa shape index (κ1) is 15.7. The highest BCUT2D eigenvalue weighted by Crippen LogP contribution is 2.10. The lowest BCUT2D eigenvalue weighted by atomic mass is 10.1. The molecular formula is C17H27NO. The van der Waals surface area contributed by atoms with Crippen LogP contribution in [-0.4, -0.2) is 23.9 Å². The predicted molar refractivity (Wildman–Crippen MR) is 81.5 cm³/mol. The highest BCUT2D eigenvalue weighted by Gasteiger charge is 2.14. The molecule has 0 aliphatic carbocycles. The largest absolute Gasteiger partial charge is 0.339 e. The Kier molecular flexibility index (Phi) is 7.24. The van der Waals surface area contributed by atoms with Gasteiger partial charge in [0, 0.05) is 18.7 Å². The number of hydrogen-bond acceptors (Lipinski definition) is 1. The molecule has 106 valence electrons. The molecule has 0 unspecified atom stereocenters. The second-order valence-electron chi connectivity index (χ2n) is 5.22. The average Bonchev–Trinajstić information content (AvgIpc) is 2.42. The summed E-state index contributed by atoms with van der Waals surface area (Å²) in [5, 5.41) is 0. The number of unbranched alkanes of at least 4 members (excludes halogenated alkanes) is 3. The van der Waals surface area contributed by atoms with Crippen LogP contribution in [0.3, 0.4) is 0 Å². The maximum absolute atomic E-state index is 12.4. The van der Waals surface area contributed by atoms with E-state index in [1.807, 2.05) is 36.1 Å². The van der Waals surface area contributed by atoms with Crippen LogP contribution in [0.5, 0.6) is 0 Å². The van der Waals surface area contributed by atoms with Gasteiger partial charge >= 0.3 is 0 Å². The van der Waals surface area contributed by atoms with Crippen molar-refractivity contribution in [2.75, 3.05) is 13.1 Å². The number of nitrogens with zero attached hydrogens (tertiary/aromatic N) is 1. The van der Waals surface area contributed by atoms with Gasteiger partial charge in [-0.3, -0.25) is 4.79 Å². The molecule has 0 saturated heterocycles. The van der Waals surface area contributed by atoms with Crippen molar-refractivity contribution >= 4 is 5.91 Å².